The van der Waals surface area contributed by atoms with Crippen molar-refractivity contribution in [3.8, 4) is 5.75 Å². The first kappa shape index (κ1) is 19.7. The molecule has 5 atom stereocenters. The Morgan fingerprint density at radius 3 is 2.86 bits per heavy atom. The maximum absolute atomic E-state index is 13.0. The highest BCUT2D eigenvalue weighted by atomic mass is 16.5. The molecule has 5 unspecified atom stereocenters. The van der Waals surface area contributed by atoms with Gasteiger partial charge in [0.15, 0.2) is 0 Å². The number of hydrogen-bond donors (Lipinski definition) is 0. The van der Waals surface area contributed by atoms with Gasteiger partial charge < -0.3 is 9.53 Å². The van der Waals surface area contributed by atoms with Gasteiger partial charge in [0.25, 0.3) is 0 Å². The minimum absolute atomic E-state index is 0.0986. The minimum Gasteiger partial charge on any atom is -0.497 e. The zero-order chi connectivity index (χ0) is 19.7. The summed E-state index contributed by atoms with van der Waals surface area (Å²) in [6, 6.07) is 6.63. The number of methoxy groups -OCH3 is 1. The Hall–Kier alpha value is -1.64. The first-order chi connectivity index (χ1) is 13.6. The van der Waals surface area contributed by atoms with E-state index in [1.807, 2.05) is 0 Å². The molecule has 2 fully saturated rings. The number of unbranched alkanes of at least 4 members (excludes halogenated alkanes) is 3. The average Bonchev–Trinajstić information content (AvgIpc) is 2.97. The summed E-state index contributed by atoms with van der Waals surface area (Å²) in [5.74, 6) is 3.82. The Balaban J connectivity index is 1.54. The van der Waals surface area contributed by atoms with Gasteiger partial charge in [-0.05, 0) is 85.5 Å². The van der Waals surface area contributed by atoms with Crippen LogP contribution in [0.1, 0.15) is 81.8 Å². The SMILES string of the molecule is COc1ccc2c(c1)CCC1C2CCC2(C)C(=O)CC(CCCCCC=O)C12. The molecule has 0 heterocycles. The fraction of sp³-hybridized carbons (Fsp3) is 0.680. The number of carbonyl (C=O) groups excluding carboxylic acids is 2. The van der Waals surface area contributed by atoms with Crippen molar-refractivity contribution in [3.05, 3.63) is 29.3 Å². The standard InChI is InChI=1S/C25H34O3/c1-25-13-12-21-20-11-9-19(28-2)15-17(20)8-10-22(21)24(25)18(16-23(25)27)7-5-3-4-6-14-26/h9,11,14-15,18,21-22,24H,3-8,10,12-13,16H2,1-2H3. The molecule has 0 radical (unpaired) electrons. The largest absolute Gasteiger partial charge is 0.497 e. The van der Waals surface area contributed by atoms with Gasteiger partial charge >= 0.3 is 0 Å². The summed E-state index contributed by atoms with van der Waals surface area (Å²) < 4.78 is 5.44. The van der Waals surface area contributed by atoms with Gasteiger partial charge in [-0.1, -0.05) is 25.8 Å². The number of fused-ring (bicyclic) bond motifs is 5. The van der Waals surface area contributed by atoms with Crippen molar-refractivity contribution in [2.75, 3.05) is 7.11 Å². The van der Waals surface area contributed by atoms with Crippen molar-refractivity contribution in [2.45, 2.75) is 77.0 Å². The molecule has 0 spiro atoms. The number of ether oxygens (including phenoxy) is 1. The normalized spacial score (nSPS) is 33.7. The first-order valence-electron chi connectivity index (χ1n) is 11.2. The topological polar surface area (TPSA) is 43.4 Å². The van der Waals surface area contributed by atoms with E-state index in [1.165, 1.54) is 17.5 Å². The fourth-order valence-electron chi connectivity index (χ4n) is 6.82. The molecular weight excluding hydrogens is 348 g/mol. The number of aryl methyl sites for hydroxylation is 1. The predicted octanol–water partition coefficient (Wildman–Crippen LogP) is 5.50. The summed E-state index contributed by atoms with van der Waals surface area (Å²) in [4.78, 5) is 23.6. The zero-order valence-corrected chi connectivity index (χ0v) is 17.4. The lowest BCUT2D eigenvalue weighted by molar-refractivity contribution is -0.129. The molecular formula is C25H34O3. The van der Waals surface area contributed by atoms with E-state index in [4.69, 9.17) is 4.74 Å². The monoisotopic (exact) mass is 382 g/mol. The molecule has 0 N–H and O–H groups in total. The third-order valence-corrected chi connectivity index (χ3v) is 8.17. The van der Waals surface area contributed by atoms with Crippen LogP contribution < -0.4 is 4.74 Å². The van der Waals surface area contributed by atoms with Gasteiger partial charge in [-0.2, -0.15) is 0 Å². The highest BCUT2D eigenvalue weighted by Crippen LogP contribution is 2.62. The number of benzene rings is 1. The maximum atomic E-state index is 13.0. The second-order valence-corrected chi connectivity index (χ2v) is 9.55. The number of Topliss-reactive ketones (excluding diaryl/α,β-unsaturated/α-hetero) is 1. The molecule has 3 aliphatic rings. The van der Waals surface area contributed by atoms with Gasteiger partial charge in [0.2, 0.25) is 0 Å². The van der Waals surface area contributed by atoms with Gasteiger partial charge in [0.05, 0.1) is 7.11 Å². The summed E-state index contributed by atoms with van der Waals surface area (Å²) in [5, 5.41) is 0. The molecule has 2 saturated carbocycles. The summed E-state index contributed by atoms with van der Waals surface area (Å²) >= 11 is 0. The fourth-order valence-corrected chi connectivity index (χ4v) is 6.82. The molecule has 0 aromatic heterocycles. The van der Waals surface area contributed by atoms with E-state index < -0.39 is 0 Å². The van der Waals surface area contributed by atoms with E-state index in [2.05, 4.69) is 25.1 Å². The van der Waals surface area contributed by atoms with Gasteiger partial charge in [-0.15, -0.1) is 0 Å². The third-order valence-electron chi connectivity index (χ3n) is 8.17. The van der Waals surface area contributed by atoms with E-state index in [-0.39, 0.29) is 5.41 Å². The van der Waals surface area contributed by atoms with E-state index in [9.17, 15) is 9.59 Å². The Kier molecular flexibility index (Phi) is 5.62. The number of aldehydes is 1. The summed E-state index contributed by atoms with van der Waals surface area (Å²) in [7, 11) is 1.74. The molecule has 0 amide bonds. The third kappa shape index (κ3) is 3.31. The summed E-state index contributed by atoms with van der Waals surface area (Å²) in [6.07, 6.45) is 11.4. The van der Waals surface area contributed by atoms with Crippen LogP contribution in [0.3, 0.4) is 0 Å². The van der Waals surface area contributed by atoms with Crippen LogP contribution in [0.4, 0.5) is 0 Å². The number of rotatable bonds is 7. The van der Waals surface area contributed by atoms with Crippen molar-refractivity contribution in [2.24, 2.45) is 23.2 Å². The van der Waals surface area contributed by atoms with Crippen LogP contribution in [0.5, 0.6) is 5.75 Å². The molecule has 0 bridgehead atoms. The van der Waals surface area contributed by atoms with E-state index in [0.29, 0.717) is 35.9 Å². The van der Waals surface area contributed by atoms with Gasteiger partial charge in [-0.25, -0.2) is 0 Å². The molecule has 3 heteroatoms. The predicted molar refractivity (Wildman–Crippen MR) is 111 cm³/mol. The van der Waals surface area contributed by atoms with Crippen molar-refractivity contribution in [3.63, 3.8) is 0 Å². The van der Waals surface area contributed by atoms with Crippen molar-refractivity contribution in [1.82, 2.24) is 0 Å². The van der Waals surface area contributed by atoms with Crippen molar-refractivity contribution >= 4 is 12.1 Å². The maximum Gasteiger partial charge on any atom is 0.139 e. The molecule has 3 aliphatic carbocycles. The van der Waals surface area contributed by atoms with E-state index in [1.54, 1.807) is 7.11 Å². The van der Waals surface area contributed by atoms with E-state index in [0.717, 1.165) is 63.4 Å². The quantitative estimate of drug-likeness (QED) is 0.462. The van der Waals surface area contributed by atoms with Gasteiger partial charge in [0, 0.05) is 18.3 Å². The molecule has 1 aromatic rings. The van der Waals surface area contributed by atoms with Crippen LogP contribution in [0.2, 0.25) is 0 Å². The van der Waals surface area contributed by atoms with Crippen molar-refractivity contribution < 1.29 is 14.3 Å². The van der Waals surface area contributed by atoms with Gasteiger partial charge in [0.1, 0.15) is 17.8 Å². The summed E-state index contributed by atoms with van der Waals surface area (Å²) in [6.45, 7) is 2.27. The molecule has 152 valence electrons. The molecule has 0 saturated heterocycles. The Morgan fingerprint density at radius 2 is 2.07 bits per heavy atom. The molecule has 28 heavy (non-hydrogen) atoms. The number of carbonyl (C=O) groups is 2. The minimum atomic E-state index is -0.0986. The van der Waals surface area contributed by atoms with Crippen LogP contribution in [0.15, 0.2) is 18.2 Å². The van der Waals surface area contributed by atoms with Crippen LogP contribution >= 0.6 is 0 Å². The van der Waals surface area contributed by atoms with Crippen LogP contribution in [0.25, 0.3) is 0 Å². The summed E-state index contributed by atoms with van der Waals surface area (Å²) in [5.41, 5.74) is 2.88. The highest BCUT2D eigenvalue weighted by molar-refractivity contribution is 5.87. The Morgan fingerprint density at radius 1 is 1.21 bits per heavy atom. The first-order valence-corrected chi connectivity index (χ1v) is 11.2. The number of ketones is 1. The Bertz CT molecular complexity index is 739. The van der Waals surface area contributed by atoms with Crippen LogP contribution in [0, 0.1) is 23.2 Å². The van der Waals surface area contributed by atoms with E-state index >= 15 is 0 Å². The van der Waals surface area contributed by atoms with Crippen LogP contribution in [-0.2, 0) is 16.0 Å². The smallest absolute Gasteiger partial charge is 0.139 e. The van der Waals surface area contributed by atoms with Crippen LogP contribution in [-0.4, -0.2) is 19.2 Å². The second-order valence-electron chi connectivity index (χ2n) is 9.55. The lowest BCUT2D eigenvalue weighted by Crippen LogP contribution is -2.44. The Labute approximate surface area is 169 Å². The molecule has 0 aliphatic heterocycles. The average molecular weight is 383 g/mol. The number of hydrogen-bond acceptors (Lipinski definition) is 3. The van der Waals surface area contributed by atoms with Gasteiger partial charge in [-0.3, -0.25) is 4.79 Å². The van der Waals surface area contributed by atoms with Crippen molar-refractivity contribution in [1.29, 1.82) is 0 Å². The lowest BCUT2D eigenvalue weighted by Gasteiger charge is -2.50. The molecule has 4 rings (SSSR count). The molecule has 3 nitrogen and oxygen atoms in total. The lowest BCUT2D eigenvalue weighted by atomic mass is 9.54. The highest BCUT2D eigenvalue weighted by Gasteiger charge is 2.58. The second kappa shape index (κ2) is 8.00. The molecule has 1 aromatic carbocycles. The zero-order valence-electron chi connectivity index (χ0n) is 17.4.